The van der Waals surface area contributed by atoms with Gasteiger partial charge in [0.2, 0.25) is 11.5 Å². The van der Waals surface area contributed by atoms with Crippen LogP contribution in [0.5, 0.6) is 34.5 Å². The zero-order valence-corrected chi connectivity index (χ0v) is 22.6. The minimum atomic E-state index is -1.66. The first-order valence-corrected chi connectivity index (χ1v) is 12.6. The molecule has 0 radical (unpaired) electrons. The minimum absolute atomic E-state index is 0.0984. The van der Waals surface area contributed by atoms with E-state index in [1.54, 1.807) is 18.2 Å². The number of aliphatic hydroxyl groups excluding tert-OH is 5. The van der Waals surface area contributed by atoms with E-state index in [1.807, 2.05) is 0 Å². The van der Waals surface area contributed by atoms with Gasteiger partial charge in [-0.2, -0.15) is 0 Å². The maximum atomic E-state index is 10.9. The molecule has 1 heterocycles. The summed E-state index contributed by atoms with van der Waals surface area (Å²) < 4.78 is 33.4. The zero-order chi connectivity index (χ0) is 29.3. The molecule has 0 amide bonds. The number of phenols is 2. The van der Waals surface area contributed by atoms with E-state index in [2.05, 4.69) is 0 Å². The summed E-state index contributed by atoms with van der Waals surface area (Å²) in [5.41, 5.74) is 1.64. The summed E-state index contributed by atoms with van der Waals surface area (Å²) in [5, 5.41) is 72.8. The predicted octanol–water partition coefficient (Wildman–Crippen LogP) is -0.386. The number of hydrogen-bond acceptors (Lipinski definition) is 13. The lowest BCUT2D eigenvalue weighted by atomic mass is 9.69. The van der Waals surface area contributed by atoms with Gasteiger partial charge in [-0.3, -0.25) is 0 Å². The smallest absolute Gasteiger partial charge is 0.201 e. The van der Waals surface area contributed by atoms with Crippen LogP contribution < -0.4 is 18.9 Å². The van der Waals surface area contributed by atoms with E-state index >= 15 is 0 Å². The number of methoxy groups -OCH3 is 4. The highest BCUT2D eigenvalue weighted by Gasteiger charge is 2.48. The first-order valence-electron chi connectivity index (χ1n) is 12.6. The molecule has 4 rings (SSSR count). The third kappa shape index (κ3) is 5.09. The van der Waals surface area contributed by atoms with Crippen molar-refractivity contribution >= 4 is 0 Å². The highest BCUT2D eigenvalue weighted by Crippen LogP contribution is 2.53. The lowest BCUT2D eigenvalue weighted by Crippen LogP contribution is -2.60. The normalized spacial score (nSPS) is 29.9. The highest BCUT2D eigenvalue weighted by molar-refractivity contribution is 5.64. The van der Waals surface area contributed by atoms with Gasteiger partial charge in [-0.25, -0.2) is 0 Å². The predicted molar refractivity (Wildman–Crippen MR) is 137 cm³/mol. The van der Waals surface area contributed by atoms with Gasteiger partial charge in [0, 0.05) is 24.0 Å². The molecule has 0 bridgehead atoms. The maximum absolute atomic E-state index is 10.9. The van der Waals surface area contributed by atoms with Gasteiger partial charge in [-0.05, 0) is 35.7 Å². The van der Waals surface area contributed by atoms with E-state index in [4.69, 9.17) is 28.4 Å². The summed E-state index contributed by atoms with van der Waals surface area (Å²) in [6, 6.07) is 4.73. The van der Waals surface area contributed by atoms with Gasteiger partial charge in [0.1, 0.15) is 24.4 Å². The second-order valence-electron chi connectivity index (χ2n) is 9.71. The fourth-order valence-corrected chi connectivity index (χ4v) is 5.59. The molecule has 0 spiro atoms. The lowest BCUT2D eigenvalue weighted by molar-refractivity contribution is -0.316. The Bertz CT molecular complexity index is 1160. The first kappa shape index (κ1) is 29.9. The van der Waals surface area contributed by atoms with Crippen LogP contribution in [0.4, 0.5) is 0 Å². The number of aliphatic hydroxyl groups is 5. The monoisotopic (exact) mass is 568 g/mol. The van der Waals surface area contributed by atoms with Crippen molar-refractivity contribution in [2.75, 3.05) is 41.7 Å². The molecular formula is C27H36O13. The topological polar surface area (TPSA) is 197 Å². The summed E-state index contributed by atoms with van der Waals surface area (Å²) in [4.78, 5) is 0. The van der Waals surface area contributed by atoms with E-state index in [0.29, 0.717) is 16.7 Å². The van der Waals surface area contributed by atoms with Gasteiger partial charge in [0.25, 0.3) is 0 Å². The summed E-state index contributed by atoms with van der Waals surface area (Å²) in [7, 11) is 5.52. The molecule has 8 atom stereocenters. The van der Waals surface area contributed by atoms with Gasteiger partial charge in [0.05, 0.1) is 41.2 Å². The number of fused-ring (bicyclic) bond motifs is 1. The molecule has 0 saturated carbocycles. The summed E-state index contributed by atoms with van der Waals surface area (Å²) >= 11 is 0. The standard InChI is InChI=1S/C27H36O13/c1-35-15-6-11(7-16(36-2)21(15)30)19-13(9-28)14(39-27-25(34)24(33)22(31)18(10-29)40-27)5-12-8-17(37-3)23(32)26(38-4)20(12)19/h6-8,13-14,18-19,22,24-25,27-34H,5,9-10H2,1-4H3/t13-,14+,18+,19+,22+,24-,25+,27+/m0/s1. The van der Waals surface area contributed by atoms with Crippen LogP contribution in [-0.4, -0.2) is 114 Å². The van der Waals surface area contributed by atoms with E-state index in [1.165, 1.54) is 28.4 Å². The third-order valence-electron chi connectivity index (χ3n) is 7.64. The molecule has 1 aliphatic carbocycles. The molecular weight excluding hydrogens is 532 g/mol. The van der Waals surface area contributed by atoms with Gasteiger partial charge in [-0.15, -0.1) is 0 Å². The molecule has 0 aromatic heterocycles. The quantitative estimate of drug-likeness (QED) is 0.207. The Hall–Kier alpha value is -3.04. The molecule has 1 fully saturated rings. The molecule has 7 N–H and O–H groups in total. The van der Waals surface area contributed by atoms with Gasteiger partial charge in [-0.1, -0.05) is 0 Å². The van der Waals surface area contributed by atoms with Gasteiger partial charge in [0.15, 0.2) is 29.3 Å². The van der Waals surface area contributed by atoms with Crippen LogP contribution in [0.1, 0.15) is 22.6 Å². The van der Waals surface area contributed by atoms with Crippen molar-refractivity contribution in [1.82, 2.24) is 0 Å². The van der Waals surface area contributed by atoms with Crippen molar-refractivity contribution in [3.05, 3.63) is 34.9 Å². The van der Waals surface area contributed by atoms with Crippen molar-refractivity contribution in [1.29, 1.82) is 0 Å². The molecule has 13 nitrogen and oxygen atoms in total. The number of aromatic hydroxyl groups is 2. The Labute approximate surface area is 230 Å². The largest absolute Gasteiger partial charge is 0.502 e. The number of ether oxygens (including phenoxy) is 6. The molecule has 0 unspecified atom stereocenters. The molecule has 1 aliphatic heterocycles. The fraction of sp³-hybridized carbons (Fsp3) is 0.556. The Morgan fingerprint density at radius 3 is 1.90 bits per heavy atom. The third-order valence-corrected chi connectivity index (χ3v) is 7.64. The Balaban J connectivity index is 1.88. The minimum Gasteiger partial charge on any atom is -0.502 e. The molecule has 2 aromatic carbocycles. The summed E-state index contributed by atoms with van der Waals surface area (Å²) in [6.07, 6.45) is -8.26. The Morgan fingerprint density at radius 2 is 1.38 bits per heavy atom. The second-order valence-corrected chi connectivity index (χ2v) is 9.71. The van der Waals surface area contributed by atoms with Crippen LogP contribution >= 0.6 is 0 Å². The molecule has 1 saturated heterocycles. The van der Waals surface area contributed by atoms with Crippen LogP contribution in [0.3, 0.4) is 0 Å². The molecule has 2 aliphatic rings. The molecule has 222 valence electrons. The van der Waals surface area contributed by atoms with Crippen LogP contribution in [0.25, 0.3) is 0 Å². The second kappa shape index (κ2) is 12.2. The molecule has 13 heteroatoms. The summed E-state index contributed by atoms with van der Waals surface area (Å²) in [6.45, 7) is -1.08. The highest BCUT2D eigenvalue weighted by atomic mass is 16.7. The summed E-state index contributed by atoms with van der Waals surface area (Å²) in [5.74, 6) is -1.57. The van der Waals surface area contributed by atoms with Crippen LogP contribution in [0.2, 0.25) is 0 Å². The van der Waals surface area contributed by atoms with Crippen molar-refractivity contribution in [2.24, 2.45) is 5.92 Å². The van der Waals surface area contributed by atoms with Crippen molar-refractivity contribution in [3.63, 3.8) is 0 Å². The average Bonchev–Trinajstić information content (AvgIpc) is 2.96. The average molecular weight is 569 g/mol. The number of phenolic OH excluding ortho intramolecular Hbond substituents is 2. The van der Waals surface area contributed by atoms with Gasteiger partial charge >= 0.3 is 0 Å². The molecule has 40 heavy (non-hydrogen) atoms. The Morgan fingerprint density at radius 1 is 0.775 bits per heavy atom. The van der Waals surface area contributed by atoms with Crippen molar-refractivity contribution < 1.29 is 64.2 Å². The van der Waals surface area contributed by atoms with Crippen LogP contribution in [0.15, 0.2) is 18.2 Å². The Kier molecular flexibility index (Phi) is 9.15. The first-order chi connectivity index (χ1) is 19.1. The van der Waals surface area contributed by atoms with E-state index in [0.717, 1.165) is 0 Å². The van der Waals surface area contributed by atoms with Crippen molar-refractivity contribution in [2.45, 2.75) is 49.1 Å². The van der Waals surface area contributed by atoms with Crippen LogP contribution in [0, 0.1) is 5.92 Å². The fourth-order valence-electron chi connectivity index (χ4n) is 5.59. The van der Waals surface area contributed by atoms with Gasteiger partial charge < -0.3 is 64.2 Å². The molecule has 2 aromatic rings. The number of rotatable bonds is 9. The SMILES string of the molecule is COc1cc([C@H]2c3c(cc(OC)c(O)c3OC)C[C@@H](O[C@@H]3O[C@H](CO)[C@@H](O)[C@H](O)[C@H]3O)[C@@H]2CO)cc(OC)c1O. The van der Waals surface area contributed by atoms with Crippen molar-refractivity contribution in [3.8, 4) is 34.5 Å². The zero-order valence-electron chi connectivity index (χ0n) is 22.6. The van der Waals surface area contributed by atoms with E-state index in [-0.39, 0.29) is 40.9 Å². The maximum Gasteiger partial charge on any atom is 0.201 e. The number of hydrogen-bond donors (Lipinski definition) is 7. The van der Waals surface area contributed by atoms with E-state index < -0.39 is 61.9 Å². The lowest BCUT2D eigenvalue weighted by Gasteiger charge is -2.45. The van der Waals surface area contributed by atoms with E-state index in [9.17, 15) is 35.7 Å². The number of benzene rings is 2. The van der Waals surface area contributed by atoms with Crippen LogP contribution in [-0.2, 0) is 15.9 Å².